The molecule has 0 saturated carbocycles. The van der Waals surface area contributed by atoms with Crippen molar-refractivity contribution in [2.24, 2.45) is 0 Å². The maximum atomic E-state index is 13.4. The molecule has 0 aromatic heterocycles. The second kappa shape index (κ2) is 16.0. The van der Waals surface area contributed by atoms with E-state index in [1.54, 1.807) is 24.3 Å². The summed E-state index contributed by atoms with van der Waals surface area (Å²) in [6.45, 7) is 4.09. The second-order valence-electron chi connectivity index (χ2n) is 10.7. The molecule has 0 radical (unpaired) electrons. The van der Waals surface area contributed by atoms with Crippen molar-refractivity contribution in [3.63, 3.8) is 0 Å². The monoisotopic (exact) mass is 593 g/mol. The van der Waals surface area contributed by atoms with Crippen LogP contribution in [-0.4, -0.2) is 41.0 Å². The summed E-state index contributed by atoms with van der Waals surface area (Å²) < 4.78 is 5.79. The molecule has 0 aliphatic heterocycles. The van der Waals surface area contributed by atoms with E-state index in [1.165, 1.54) is 6.92 Å². The lowest BCUT2D eigenvalue weighted by Gasteiger charge is -2.25. The van der Waals surface area contributed by atoms with E-state index in [2.05, 4.69) is 16.0 Å². The number of aryl methyl sites for hydroxylation is 2. The van der Waals surface area contributed by atoms with Crippen molar-refractivity contribution in [3.05, 3.63) is 137 Å². The van der Waals surface area contributed by atoms with E-state index >= 15 is 0 Å². The number of hydrogen-bond donors (Lipinski definition) is 4. The Kier molecular flexibility index (Phi) is 11.7. The van der Waals surface area contributed by atoms with E-state index < -0.39 is 30.0 Å². The second-order valence-corrected chi connectivity index (χ2v) is 10.7. The molecule has 8 nitrogen and oxygen atoms in total. The number of ether oxygens (including phenoxy) is 1. The molecule has 4 N–H and O–H groups in total. The minimum absolute atomic E-state index is 0.298. The highest BCUT2D eigenvalue weighted by Crippen LogP contribution is 2.15. The molecule has 0 aliphatic rings. The molecule has 8 heteroatoms. The van der Waals surface area contributed by atoms with E-state index in [0.717, 1.165) is 22.3 Å². The van der Waals surface area contributed by atoms with Crippen LogP contribution < -0.4 is 20.7 Å². The summed E-state index contributed by atoms with van der Waals surface area (Å²) in [5.74, 6) is -0.946. The molecule has 0 fully saturated rings. The lowest BCUT2D eigenvalue weighted by Crippen LogP contribution is -2.57. The zero-order valence-corrected chi connectivity index (χ0v) is 25.0. The van der Waals surface area contributed by atoms with Gasteiger partial charge >= 0.3 is 0 Å². The molecule has 0 unspecified atom stereocenters. The van der Waals surface area contributed by atoms with Crippen LogP contribution in [0.5, 0.6) is 5.75 Å². The number of carbonyl (C=O) groups is 3. The fourth-order valence-corrected chi connectivity index (χ4v) is 4.67. The molecule has 44 heavy (non-hydrogen) atoms. The van der Waals surface area contributed by atoms with Gasteiger partial charge in [-0.3, -0.25) is 14.4 Å². The fraction of sp³-hybridized carbons (Fsp3) is 0.250. The molecule has 0 aliphatic carbocycles. The summed E-state index contributed by atoms with van der Waals surface area (Å²) in [4.78, 5) is 39.8. The highest BCUT2D eigenvalue weighted by Gasteiger charge is 2.30. The Morgan fingerprint density at radius 2 is 1.36 bits per heavy atom. The Hall–Kier alpha value is -4.95. The third-order valence-electron chi connectivity index (χ3n) is 7.33. The van der Waals surface area contributed by atoms with Gasteiger partial charge in [-0.25, -0.2) is 0 Å². The van der Waals surface area contributed by atoms with Gasteiger partial charge in [0.1, 0.15) is 24.4 Å². The van der Waals surface area contributed by atoms with Gasteiger partial charge in [-0.15, -0.1) is 0 Å². The molecule has 0 heterocycles. The van der Waals surface area contributed by atoms with Crippen LogP contribution in [0.25, 0.3) is 0 Å². The van der Waals surface area contributed by atoms with Crippen LogP contribution in [0.15, 0.2) is 109 Å². The molecule has 0 spiro atoms. The SMILES string of the molecule is Cc1ccccc1CNC(=O)[C@H](CCc1ccccc1)NC(=O)[C@@H](NC(=O)c1ccc(OCc2ccccc2)cc1)[C@@H](C)O. The third kappa shape index (κ3) is 9.54. The zero-order chi connectivity index (χ0) is 31.3. The lowest BCUT2D eigenvalue weighted by molar-refractivity contribution is -0.131. The molecule has 4 aromatic rings. The number of hydrogen-bond acceptors (Lipinski definition) is 5. The van der Waals surface area contributed by atoms with Crippen molar-refractivity contribution in [2.75, 3.05) is 0 Å². The van der Waals surface area contributed by atoms with Crippen molar-refractivity contribution in [1.29, 1.82) is 0 Å². The standard InChI is InChI=1S/C36H39N3O5/c1-25-11-9-10-16-30(25)23-37-35(42)32(22-17-27-12-5-3-6-13-27)38-36(43)33(26(2)40)39-34(41)29-18-20-31(21-19-29)44-24-28-14-7-4-8-15-28/h3-16,18-21,26,32-33,40H,17,22-24H2,1-2H3,(H,37,42)(H,38,43)(H,39,41)/t26-,32+,33+/m1/s1. The first-order valence-electron chi connectivity index (χ1n) is 14.7. The van der Waals surface area contributed by atoms with E-state index in [9.17, 15) is 19.5 Å². The van der Waals surface area contributed by atoms with Gasteiger partial charge in [0.2, 0.25) is 11.8 Å². The number of nitrogens with one attached hydrogen (secondary N) is 3. The van der Waals surface area contributed by atoms with Crippen LogP contribution in [0.4, 0.5) is 0 Å². The van der Waals surface area contributed by atoms with Crippen LogP contribution in [-0.2, 0) is 29.2 Å². The molecule has 4 rings (SSSR count). The number of benzene rings is 4. The summed E-state index contributed by atoms with van der Waals surface area (Å²) in [7, 11) is 0. The maximum Gasteiger partial charge on any atom is 0.252 e. The van der Waals surface area contributed by atoms with Gasteiger partial charge in [0.05, 0.1) is 6.10 Å². The van der Waals surface area contributed by atoms with Crippen molar-refractivity contribution in [2.45, 2.75) is 58.0 Å². The summed E-state index contributed by atoms with van der Waals surface area (Å²) in [5, 5.41) is 18.8. The molecular weight excluding hydrogens is 554 g/mol. The molecule has 3 amide bonds. The molecule has 3 atom stereocenters. The maximum absolute atomic E-state index is 13.4. The van der Waals surface area contributed by atoms with Crippen molar-refractivity contribution < 1.29 is 24.2 Å². The number of aliphatic hydroxyl groups is 1. The summed E-state index contributed by atoms with van der Waals surface area (Å²) >= 11 is 0. The topological polar surface area (TPSA) is 117 Å². The van der Waals surface area contributed by atoms with Gasteiger partial charge in [0.25, 0.3) is 5.91 Å². The van der Waals surface area contributed by atoms with Gasteiger partial charge in [-0.05, 0) is 73.2 Å². The molecule has 4 aromatic carbocycles. The largest absolute Gasteiger partial charge is 0.489 e. The van der Waals surface area contributed by atoms with Crippen LogP contribution in [0.2, 0.25) is 0 Å². The number of aliphatic hydroxyl groups excluding tert-OH is 1. The first kappa shape index (κ1) is 32.0. The molecular formula is C36H39N3O5. The van der Waals surface area contributed by atoms with E-state index in [0.29, 0.717) is 37.3 Å². The van der Waals surface area contributed by atoms with Gasteiger partial charge in [0, 0.05) is 12.1 Å². The summed E-state index contributed by atoms with van der Waals surface area (Å²) in [5.41, 5.74) is 4.36. The van der Waals surface area contributed by atoms with Gasteiger partial charge in [-0.2, -0.15) is 0 Å². The van der Waals surface area contributed by atoms with E-state index in [-0.39, 0.29) is 5.91 Å². The van der Waals surface area contributed by atoms with E-state index in [1.807, 2.05) is 91.9 Å². The third-order valence-corrected chi connectivity index (χ3v) is 7.33. The zero-order valence-electron chi connectivity index (χ0n) is 25.0. The first-order chi connectivity index (χ1) is 21.3. The van der Waals surface area contributed by atoms with Crippen LogP contribution in [0, 0.1) is 6.92 Å². The van der Waals surface area contributed by atoms with Crippen LogP contribution >= 0.6 is 0 Å². The predicted molar refractivity (Wildman–Crippen MR) is 170 cm³/mol. The van der Waals surface area contributed by atoms with Gasteiger partial charge in [-0.1, -0.05) is 84.9 Å². The Morgan fingerprint density at radius 3 is 2.00 bits per heavy atom. The van der Waals surface area contributed by atoms with Gasteiger partial charge in [0.15, 0.2) is 0 Å². The average Bonchev–Trinajstić information content (AvgIpc) is 3.04. The Bertz CT molecular complexity index is 1510. The van der Waals surface area contributed by atoms with Crippen LogP contribution in [0.1, 0.15) is 46.0 Å². The van der Waals surface area contributed by atoms with Gasteiger partial charge < -0.3 is 25.8 Å². The Balaban J connectivity index is 1.39. The lowest BCUT2D eigenvalue weighted by atomic mass is 10.0. The van der Waals surface area contributed by atoms with E-state index in [4.69, 9.17) is 4.74 Å². The fourth-order valence-electron chi connectivity index (χ4n) is 4.67. The molecule has 0 saturated heterocycles. The number of amides is 3. The number of rotatable bonds is 14. The Morgan fingerprint density at radius 1 is 0.750 bits per heavy atom. The number of carbonyl (C=O) groups excluding carboxylic acids is 3. The quantitative estimate of drug-likeness (QED) is 0.172. The molecule has 228 valence electrons. The normalized spacial score (nSPS) is 12.8. The summed E-state index contributed by atoms with van der Waals surface area (Å²) in [6, 6.07) is 31.5. The minimum atomic E-state index is -1.28. The highest BCUT2D eigenvalue weighted by atomic mass is 16.5. The smallest absolute Gasteiger partial charge is 0.252 e. The minimum Gasteiger partial charge on any atom is -0.489 e. The van der Waals surface area contributed by atoms with Crippen molar-refractivity contribution >= 4 is 17.7 Å². The van der Waals surface area contributed by atoms with Crippen LogP contribution in [0.3, 0.4) is 0 Å². The molecule has 0 bridgehead atoms. The average molecular weight is 594 g/mol. The first-order valence-corrected chi connectivity index (χ1v) is 14.7. The van der Waals surface area contributed by atoms with Crippen molar-refractivity contribution in [3.8, 4) is 5.75 Å². The van der Waals surface area contributed by atoms with Crippen molar-refractivity contribution in [1.82, 2.24) is 16.0 Å². The summed E-state index contributed by atoms with van der Waals surface area (Å²) in [6.07, 6.45) is -0.328. The highest BCUT2D eigenvalue weighted by molar-refractivity contribution is 5.98. The Labute approximate surface area is 258 Å². The predicted octanol–water partition coefficient (Wildman–Crippen LogP) is 4.49.